The van der Waals surface area contributed by atoms with Gasteiger partial charge in [-0.25, -0.2) is 0 Å². The molecule has 0 atom stereocenters. The van der Waals surface area contributed by atoms with Crippen molar-refractivity contribution in [3.63, 3.8) is 0 Å². The summed E-state index contributed by atoms with van der Waals surface area (Å²) in [5.74, 6) is 0. The van der Waals surface area contributed by atoms with Crippen molar-refractivity contribution in [1.82, 2.24) is 22.9 Å². The topological polar surface area (TPSA) is 31.6 Å². The van der Waals surface area contributed by atoms with Gasteiger partial charge in [-0.2, -0.15) is 0 Å². The fraction of sp³-hybridized carbons (Fsp3) is 0. The summed E-state index contributed by atoms with van der Waals surface area (Å²) in [5, 5.41) is 5.40. The highest BCUT2D eigenvalue weighted by molar-refractivity contribution is 7.06. The molecule has 0 spiro atoms. The van der Waals surface area contributed by atoms with Gasteiger partial charge >= 0.3 is 0 Å². The van der Waals surface area contributed by atoms with Crippen LogP contribution in [0.5, 0.6) is 0 Å². The average Bonchev–Trinajstić information content (AvgIpc) is 3.88. The van der Waals surface area contributed by atoms with Crippen LogP contribution in [0.2, 0.25) is 0 Å². The average molecular weight is 677 g/mol. The molecule has 5 aliphatic heterocycles. The highest BCUT2D eigenvalue weighted by Gasteiger charge is 2.50. The molecule has 0 saturated heterocycles. The molecule has 5 aromatic heterocycles. The van der Waals surface area contributed by atoms with Crippen LogP contribution < -0.4 is 32.8 Å². The first-order chi connectivity index (χ1) is 26.9. The summed E-state index contributed by atoms with van der Waals surface area (Å²) in [6.07, 6.45) is 1.91. The van der Waals surface area contributed by atoms with Gasteiger partial charge in [0, 0.05) is 39.1 Å². The fourth-order valence-electron chi connectivity index (χ4n) is 12.6. The van der Waals surface area contributed by atoms with Crippen LogP contribution in [0.4, 0.5) is 0 Å². The van der Waals surface area contributed by atoms with E-state index < -0.39 is 0 Å². The first kappa shape index (κ1) is 25.1. The highest BCUT2D eigenvalue weighted by atomic mass is 15.1. The lowest BCUT2D eigenvalue weighted by Gasteiger charge is -2.40. The molecule has 12 aromatic rings. The third kappa shape index (κ3) is 2.20. The number of hydrogen-bond acceptors (Lipinski definition) is 1. The Bertz CT molecular complexity index is 3970. The first-order valence-corrected chi connectivity index (χ1v) is 19.1. The molecule has 7 aromatic carbocycles. The highest BCUT2D eigenvalue weighted by Crippen LogP contribution is 2.47. The Labute approximate surface area is 306 Å². The zero-order valence-electron chi connectivity index (χ0n) is 28.5. The number of para-hydroxylation sites is 3. The third-order valence-corrected chi connectivity index (χ3v) is 14.3. The maximum Gasteiger partial charge on any atom is 0.254 e. The van der Waals surface area contributed by atoms with Crippen LogP contribution in [-0.2, 0) is 0 Å². The Morgan fingerprint density at radius 2 is 1.02 bits per heavy atom. The number of benzene rings is 7. The lowest BCUT2D eigenvalue weighted by molar-refractivity contribution is 1.12. The number of nitrogens with zero attached hydrogens (tertiary/aromatic N) is 5. The summed E-state index contributed by atoms with van der Waals surface area (Å²) < 4.78 is 10.8. The lowest BCUT2D eigenvalue weighted by Crippen LogP contribution is -2.62. The van der Waals surface area contributed by atoms with Gasteiger partial charge in [-0.05, 0) is 85.9 Å². The Balaban J connectivity index is 1.27. The summed E-state index contributed by atoms with van der Waals surface area (Å²) in [6.45, 7) is 0.222. The van der Waals surface area contributed by atoms with Crippen molar-refractivity contribution in [2.45, 2.75) is 0 Å². The Hall–Kier alpha value is -6.98. The number of pyridine rings is 1. The van der Waals surface area contributed by atoms with Gasteiger partial charge in [0.2, 0.25) is 0 Å². The second-order valence-electron chi connectivity index (χ2n) is 16.2. The molecule has 54 heavy (non-hydrogen) atoms. The molecule has 0 saturated carbocycles. The fourth-order valence-corrected chi connectivity index (χ4v) is 12.6. The summed E-state index contributed by atoms with van der Waals surface area (Å²) in [7, 11) is 0. The van der Waals surface area contributed by atoms with E-state index in [0.717, 1.165) is 11.3 Å². The van der Waals surface area contributed by atoms with Crippen molar-refractivity contribution >= 4 is 123 Å². The summed E-state index contributed by atoms with van der Waals surface area (Å²) >= 11 is 0. The SMILES string of the molecule is c1ccc(-c2ccc3c(c2)B2c4ccccc4-n4c5cccc6c7ccc8c9c7n(c7c%10c%11c(c2c74)n-3c2cccc3c4ccc-8c(c4n%11c32)B9%10)c65)nc1. The number of fused-ring (bicyclic) bond motifs is 11. The van der Waals surface area contributed by atoms with E-state index in [0.29, 0.717) is 0 Å². The molecule has 0 aliphatic carbocycles. The second kappa shape index (κ2) is 7.57. The van der Waals surface area contributed by atoms with Crippen LogP contribution in [0.1, 0.15) is 0 Å². The molecule has 7 heteroatoms. The smallest absolute Gasteiger partial charge is 0.254 e. The normalized spacial score (nSPS) is 14.6. The standard InChI is InChI=1S/C47H21B2N5/c1-2-11-32-29(9-1)48-30-21-22(31-10-3-4-20-50-31)14-19-33(30)52-35-13-6-8-26-28-18-16-24-23-15-17-27-25-7-5-12-34-40(25)53-42(27)36(23)49-37(24)43(28)54(41(26)35)47-39(49)46(53)44(51(32)34)38(48)45(47)52/h1-21H. The van der Waals surface area contributed by atoms with E-state index in [2.05, 4.69) is 133 Å². The summed E-state index contributed by atoms with van der Waals surface area (Å²) in [5.41, 5.74) is 29.6. The second-order valence-corrected chi connectivity index (χ2v) is 16.2. The van der Waals surface area contributed by atoms with E-state index in [1.807, 2.05) is 12.3 Å². The monoisotopic (exact) mass is 677 g/mol. The molecule has 0 radical (unpaired) electrons. The van der Waals surface area contributed by atoms with Gasteiger partial charge in [-0.1, -0.05) is 84.9 Å². The van der Waals surface area contributed by atoms with Gasteiger partial charge < -0.3 is 17.9 Å². The molecule has 5 nitrogen and oxygen atoms in total. The number of rotatable bonds is 1. The summed E-state index contributed by atoms with van der Waals surface area (Å²) in [4.78, 5) is 4.83. The predicted octanol–water partition coefficient (Wildman–Crippen LogP) is 6.02. The van der Waals surface area contributed by atoms with Crippen molar-refractivity contribution in [2.24, 2.45) is 0 Å². The Morgan fingerprint density at radius 3 is 1.69 bits per heavy atom. The van der Waals surface area contributed by atoms with Gasteiger partial charge in [0.25, 0.3) is 13.4 Å². The van der Waals surface area contributed by atoms with E-state index in [1.54, 1.807) is 0 Å². The number of hydrogen-bond donors (Lipinski definition) is 0. The van der Waals surface area contributed by atoms with Gasteiger partial charge in [-0.15, -0.1) is 0 Å². The van der Waals surface area contributed by atoms with Crippen molar-refractivity contribution in [1.29, 1.82) is 0 Å². The van der Waals surface area contributed by atoms with Crippen LogP contribution in [-0.4, -0.2) is 36.3 Å². The molecular weight excluding hydrogens is 656 g/mol. The minimum atomic E-state index is 0.0431. The van der Waals surface area contributed by atoms with E-state index in [1.165, 1.54) is 132 Å². The Kier molecular flexibility index (Phi) is 3.51. The van der Waals surface area contributed by atoms with Crippen molar-refractivity contribution in [3.8, 4) is 33.8 Å². The van der Waals surface area contributed by atoms with E-state index in [4.69, 9.17) is 4.98 Å². The maximum absolute atomic E-state index is 4.83. The van der Waals surface area contributed by atoms with Crippen molar-refractivity contribution in [3.05, 3.63) is 128 Å². The van der Waals surface area contributed by atoms with Crippen LogP contribution >= 0.6 is 0 Å². The molecule has 0 bridgehead atoms. The molecular formula is C47H21B2N5. The lowest BCUT2D eigenvalue weighted by atomic mass is 9.32. The van der Waals surface area contributed by atoms with Gasteiger partial charge in [0.1, 0.15) is 0 Å². The minimum Gasteiger partial charge on any atom is -0.307 e. The van der Waals surface area contributed by atoms with Crippen LogP contribution in [0, 0.1) is 0 Å². The zero-order valence-corrected chi connectivity index (χ0v) is 28.5. The molecule has 17 rings (SSSR count). The summed E-state index contributed by atoms with van der Waals surface area (Å²) in [6, 6.07) is 46.3. The van der Waals surface area contributed by atoms with Crippen molar-refractivity contribution < 1.29 is 0 Å². The molecule has 10 heterocycles. The molecule has 0 amide bonds. The van der Waals surface area contributed by atoms with Gasteiger partial charge in [0.15, 0.2) is 0 Å². The third-order valence-electron chi connectivity index (χ3n) is 14.3. The molecule has 0 fully saturated rings. The largest absolute Gasteiger partial charge is 0.307 e. The van der Waals surface area contributed by atoms with Crippen LogP contribution in [0.25, 0.3) is 110 Å². The van der Waals surface area contributed by atoms with Crippen molar-refractivity contribution in [2.75, 3.05) is 0 Å². The molecule has 0 N–H and O–H groups in total. The molecule has 0 unspecified atom stereocenters. The maximum atomic E-state index is 4.83. The van der Waals surface area contributed by atoms with Gasteiger partial charge in [-0.3, -0.25) is 4.98 Å². The quantitative estimate of drug-likeness (QED) is 0.155. The van der Waals surface area contributed by atoms with E-state index in [-0.39, 0.29) is 13.4 Å². The zero-order chi connectivity index (χ0) is 34.0. The van der Waals surface area contributed by atoms with Crippen LogP contribution in [0.15, 0.2) is 128 Å². The van der Waals surface area contributed by atoms with E-state index in [9.17, 15) is 0 Å². The molecule has 5 aliphatic rings. The van der Waals surface area contributed by atoms with Gasteiger partial charge in [0.05, 0.1) is 60.9 Å². The minimum absolute atomic E-state index is 0.0431. The Morgan fingerprint density at radius 1 is 0.407 bits per heavy atom. The van der Waals surface area contributed by atoms with E-state index >= 15 is 0 Å². The first-order valence-electron chi connectivity index (χ1n) is 19.1. The predicted molar refractivity (Wildman–Crippen MR) is 224 cm³/mol. The van der Waals surface area contributed by atoms with Crippen LogP contribution in [0.3, 0.4) is 0 Å². The molecule has 240 valence electrons. The number of aromatic nitrogens is 5.